The number of hydrogen-bond acceptors (Lipinski definition) is 5. The van der Waals surface area contributed by atoms with E-state index in [-0.39, 0.29) is 10.9 Å². The van der Waals surface area contributed by atoms with E-state index in [0.29, 0.717) is 20.5 Å². The normalized spacial score (nSPS) is 17.6. The predicted octanol–water partition coefficient (Wildman–Crippen LogP) is 3.08. The summed E-state index contributed by atoms with van der Waals surface area (Å²) in [6, 6.07) is 4.91. The Kier molecular flexibility index (Phi) is 5.52. The lowest BCUT2D eigenvalue weighted by Gasteiger charge is -2.12. The Hall–Kier alpha value is -0.640. The highest BCUT2D eigenvalue weighted by Gasteiger charge is 2.32. The molecule has 1 aromatic carbocycles. The Morgan fingerprint density at radius 2 is 2.00 bits per heavy atom. The van der Waals surface area contributed by atoms with Crippen molar-refractivity contribution in [2.75, 3.05) is 12.3 Å². The highest BCUT2D eigenvalue weighted by molar-refractivity contribution is 8.26. The summed E-state index contributed by atoms with van der Waals surface area (Å²) in [5, 5.41) is 0.761. The Morgan fingerprint density at radius 1 is 1.32 bits per heavy atom. The van der Waals surface area contributed by atoms with Crippen molar-refractivity contribution in [3.8, 4) is 0 Å². The second-order valence-corrected chi connectivity index (χ2v) is 8.36. The SMILES string of the molecule is O=C1C(=Cc2ccc(Cl)c(Cl)c2)SC(=S)N1CCS(=O)(=O)O. The van der Waals surface area contributed by atoms with Crippen LogP contribution in [-0.2, 0) is 14.9 Å². The number of halogens is 2. The molecule has 1 fully saturated rings. The van der Waals surface area contributed by atoms with Crippen LogP contribution in [0.3, 0.4) is 0 Å². The first-order valence-electron chi connectivity index (χ1n) is 5.83. The van der Waals surface area contributed by atoms with Gasteiger partial charge in [0.2, 0.25) is 0 Å². The Morgan fingerprint density at radius 3 is 2.59 bits per heavy atom. The minimum atomic E-state index is -4.16. The van der Waals surface area contributed by atoms with Gasteiger partial charge in [0.25, 0.3) is 16.0 Å². The van der Waals surface area contributed by atoms with Crippen LogP contribution in [0.1, 0.15) is 5.56 Å². The van der Waals surface area contributed by atoms with E-state index in [4.69, 9.17) is 40.0 Å². The molecule has 0 bridgehead atoms. The summed E-state index contributed by atoms with van der Waals surface area (Å²) >= 11 is 17.8. The summed E-state index contributed by atoms with van der Waals surface area (Å²) in [5.74, 6) is -0.982. The average Bonchev–Trinajstić information content (AvgIpc) is 2.66. The molecule has 1 heterocycles. The molecule has 0 spiro atoms. The Balaban J connectivity index is 2.20. The van der Waals surface area contributed by atoms with E-state index in [2.05, 4.69) is 0 Å². The summed E-state index contributed by atoms with van der Waals surface area (Å²) in [6.45, 7) is -0.192. The van der Waals surface area contributed by atoms with Crippen molar-refractivity contribution < 1.29 is 17.8 Å². The molecule has 5 nitrogen and oxygen atoms in total. The van der Waals surface area contributed by atoms with Gasteiger partial charge in [0.05, 0.1) is 20.7 Å². The molecule has 0 atom stereocenters. The summed E-state index contributed by atoms with van der Waals surface area (Å²) < 4.78 is 30.5. The summed E-state index contributed by atoms with van der Waals surface area (Å²) in [6.07, 6.45) is 1.59. The van der Waals surface area contributed by atoms with Crippen molar-refractivity contribution in [1.29, 1.82) is 0 Å². The van der Waals surface area contributed by atoms with Crippen LogP contribution in [0.5, 0.6) is 0 Å². The van der Waals surface area contributed by atoms with Gasteiger partial charge in [-0.05, 0) is 23.8 Å². The third kappa shape index (κ3) is 4.43. The zero-order chi connectivity index (χ0) is 16.5. The van der Waals surface area contributed by atoms with E-state index in [1.807, 2.05) is 0 Å². The topological polar surface area (TPSA) is 74.7 Å². The molecule has 0 aliphatic carbocycles. The zero-order valence-electron chi connectivity index (χ0n) is 10.8. The van der Waals surface area contributed by atoms with Gasteiger partial charge in [0.1, 0.15) is 4.32 Å². The lowest BCUT2D eigenvalue weighted by atomic mass is 10.2. The number of rotatable bonds is 4. The van der Waals surface area contributed by atoms with Gasteiger partial charge in [-0.15, -0.1) is 0 Å². The Labute approximate surface area is 147 Å². The first-order valence-corrected chi connectivity index (χ1v) is 9.42. The second kappa shape index (κ2) is 6.86. The van der Waals surface area contributed by atoms with Gasteiger partial charge in [-0.1, -0.05) is 53.2 Å². The van der Waals surface area contributed by atoms with Gasteiger partial charge in [-0.25, -0.2) is 0 Å². The number of carbonyl (C=O) groups excluding carboxylic acids is 1. The summed E-state index contributed by atoms with van der Waals surface area (Å²) in [5.41, 5.74) is 0.671. The van der Waals surface area contributed by atoms with Gasteiger partial charge in [0.15, 0.2) is 0 Å². The molecule has 1 saturated heterocycles. The van der Waals surface area contributed by atoms with Crippen molar-refractivity contribution in [2.45, 2.75) is 0 Å². The van der Waals surface area contributed by atoms with Crippen LogP contribution in [0, 0.1) is 0 Å². The smallest absolute Gasteiger partial charge is 0.266 e. The largest absolute Gasteiger partial charge is 0.292 e. The highest BCUT2D eigenvalue weighted by atomic mass is 35.5. The molecule has 10 heteroatoms. The van der Waals surface area contributed by atoms with E-state index in [1.165, 1.54) is 0 Å². The third-order valence-electron chi connectivity index (χ3n) is 2.69. The first kappa shape index (κ1) is 17.7. The van der Waals surface area contributed by atoms with Crippen LogP contribution in [-0.4, -0.2) is 40.4 Å². The molecule has 1 amide bonds. The maximum absolute atomic E-state index is 12.2. The molecule has 1 aliphatic heterocycles. The summed E-state index contributed by atoms with van der Waals surface area (Å²) in [4.78, 5) is 13.7. The maximum Gasteiger partial charge on any atom is 0.266 e. The molecular weight excluding hydrogens is 389 g/mol. The monoisotopic (exact) mass is 397 g/mol. The van der Waals surface area contributed by atoms with Gasteiger partial charge in [0, 0.05) is 6.54 Å². The van der Waals surface area contributed by atoms with E-state index in [1.54, 1.807) is 24.3 Å². The molecule has 0 saturated carbocycles. The van der Waals surface area contributed by atoms with Crippen LogP contribution in [0.2, 0.25) is 10.0 Å². The average molecular weight is 398 g/mol. The standard InChI is InChI=1S/C12H9Cl2NO4S3/c13-8-2-1-7(5-9(8)14)6-10-11(16)15(12(20)21-10)3-4-22(17,18)19/h1-2,5-6H,3-4H2,(H,17,18,19). The number of benzene rings is 1. The molecule has 0 aromatic heterocycles. The zero-order valence-corrected chi connectivity index (χ0v) is 14.8. The number of thioether (sulfide) groups is 1. The molecule has 1 aliphatic rings. The van der Waals surface area contributed by atoms with E-state index in [9.17, 15) is 13.2 Å². The van der Waals surface area contributed by atoms with Crippen LogP contribution in [0.25, 0.3) is 6.08 Å². The van der Waals surface area contributed by atoms with E-state index < -0.39 is 21.8 Å². The molecule has 1 N–H and O–H groups in total. The van der Waals surface area contributed by atoms with Crippen molar-refractivity contribution in [1.82, 2.24) is 4.90 Å². The number of carbonyl (C=O) groups is 1. The molecule has 2 rings (SSSR count). The molecular formula is C12H9Cl2NO4S3. The van der Waals surface area contributed by atoms with Crippen LogP contribution >= 0.6 is 47.2 Å². The lowest BCUT2D eigenvalue weighted by molar-refractivity contribution is -0.121. The molecule has 1 aromatic rings. The quantitative estimate of drug-likeness (QED) is 0.477. The Bertz CT molecular complexity index is 777. The van der Waals surface area contributed by atoms with E-state index >= 15 is 0 Å². The fourth-order valence-corrected chi connectivity index (χ4v) is 3.68. The lowest BCUT2D eigenvalue weighted by Crippen LogP contribution is -2.32. The van der Waals surface area contributed by atoms with Crippen molar-refractivity contribution >= 4 is 73.6 Å². The fourth-order valence-electron chi connectivity index (χ4n) is 1.65. The van der Waals surface area contributed by atoms with Gasteiger partial charge in [-0.2, -0.15) is 8.42 Å². The molecule has 22 heavy (non-hydrogen) atoms. The van der Waals surface area contributed by atoms with Crippen LogP contribution < -0.4 is 0 Å². The van der Waals surface area contributed by atoms with Gasteiger partial charge < -0.3 is 0 Å². The van der Waals surface area contributed by atoms with Crippen LogP contribution in [0.15, 0.2) is 23.1 Å². The van der Waals surface area contributed by atoms with Gasteiger partial charge in [-0.3, -0.25) is 14.2 Å². The maximum atomic E-state index is 12.2. The second-order valence-electron chi connectivity index (χ2n) is 4.29. The van der Waals surface area contributed by atoms with Gasteiger partial charge >= 0.3 is 0 Å². The highest BCUT2D eigenvalue weighted by Crippen LogP contribution is 2.33. The first-order chi connectivity index (χ1) is 10.2. The molecule has 0 unspecified atom stereocenters. The number of thiocarbonyl (C=S) groups is 1. The molecule has 0 radical (unpaired) electrons. The van der Waals surface area contributed by atoms with Crippen molar-refractivity contribution in [3.05, 3.63) is 38.7 Å². The predicted molar refractivity (Wildman–Crippen MR) is 92.8 cm³/mol. The van der Waals surface area contributed by atoms with Crippen molar-refractivity contribution in [2.24, 2.45) is 0 Å². The number of hydrogen-bond donors (Lipinski definition) is 1. The fraction of sp³-hybridized carbons (Fsp3) is 0.167. The minimum Gasteiger partial charge on any atom is -0.292 e. The number of nitrogens with zero attached hydrogens (tertiary/aromatic N) is 1. The van der Waals surface area contributed by atoms with Crippen molar-refractivity contribution in [3.63, 3.8) is 0 Å². The number of amides is 1. The van der Waals surface area contributed by atoms with Crippen LogP contribution in [0.4, 0.5) is 0 Å². The molecule has 118 valence electrons. The summed E-state index contributed by atoms with van der Waals surface area (Å²) in [7, 11) is -4.16. The van der Waals surface area contributed by atoms with E-state index in [0.717, 1.165) is 16.7 Å². The third-order valence-corrected chi connectivity index (χ3v) is 5.50. The minimum absolute atomic E-state index is 0.192.